The molecule has 0 bridgehead atoms. The number of hydrogen-bond donors (Lipinski definition) is 2. The van der Waals surface area contributed by atoms with E-state index in [0.717, 1.165) is 5.75 Å². The minimum absolute atomic E-state index is 0.129. The van der Waals surface area contributed by atoms with Crippen molar-refractivity contribution in [3.63, 3.8) is 0 Å². The van der Waals surface area contributed by atoms with Crippen LogP contribution >= 0.6 is 11.8 Å². The lowest BCUT2D eigenvalue weighted by atomic mass is 9.85. The van der Waals surface area contributed by atoms with Crippen LogP contribution in [0.3, 0.4) is 0 Å². The first-order valence-corrected chi connectivity index (χ1v) is 6.83. The number of carboxylic acids is 1. The molecule has 1 amide bonds. The first-order valence-electron chi connectivity index (χ1n) is 5.68. The van der Waals surface area contributed by atoms with Crippen molar-refractivity contribution in [3.05, 3.63) is 0 Å². The number of rotatable bonds is 7. The summed E-state index contributed by atoms with van der Waals surface area (Å²) in [5.74, 6) is -0.0759. The summed E-state index contributed by atoms with van der Waals surface area (Å²) in [4.78, 5) is 22.8. The highest BCUT2D eigenvalue weighted by Crippen LogP contribution is 2.28. The van der Waals surface area contributed by atoms with Crippen molar-refractivity contribution in [2.24, 2.45) is 5.41 Å². The smallest absolute Gasteiger partial charge is 0.313 e. The molecule has 7 heteroatoms. The topological polar surface area (TPSA) is 84.9 Å². The van der Waals surface area contributed by atoms with Crippen molar-refractivity contribution < 1.29 is 24.2 Å². The quantitative estimate of drug-likeness (QED) is 0.636. The van der Waals surface area contributed by atoms with Crippen LogP contribution in [0.1, 0.15) is 6.92 Å². The highest BCUT2D eigenvalue weighted by atomic mass is 32.2. The molecular weight excluding hydrogens is 258 g/mol. The summed E-state index contributed by atoms with van der Waals surface area (Å²) in [6.07, 6.45) is 0. The van der Waals surface area contributed by atoms with Gasteiger partial charge in [0.05, 0.1) is 31.6 Å². The molecule has 1 rings (SSSR count). The Hall–Kier alpha value is -0.790. The number of amides is 1. The maximum Gasteiger partial charge on any atom is 0.313 e. The zero-order chi connectivity index (χ0) is 13.6. The number of carbonyl (C=O) groups excluding carboxylic acids is 1. The normalized spacial score (nSPS) is 27.1. The molecule has 18 heavy (non-hydrogen) atoms. The van der Waals surface area contributed by atoms with E-state index in [1.54, 1.807) is 14.0 Å². The van der Waals surface area contributed by atoms with E-state index in [2.05, 4.69) is 5.32 Å². The molecule has 0 saturated carbocycles. The second-order valence-corrected chi connectivity index (χ2v) is 5.51. The Bertz CT molecular complexity index is 312. The first-order chi connectivity index (χ1) is 8.50. The number of carboxylic acid groups (broad SMARTS) is 1. The number of carbonyl (C=O) groups is 2. The number of thioether (sulfide) groups is 1. The third-order valence-corrected chi connectivity index (χ3v) is 3.87. The molecule has 2 N–H and O–H groups in total. The Morgan fingerprint density at radius 1 is 1.61 bits per heavy atom. The number of nitrogens with one attached hydrogen (secondary N) is 1. The van der Waals surface area contributed by atoms with Gasteiger partial charge in [0.1, 0.15) is 5.41 Å². The second kappa shape index (κ2) is 6.96. The summed E-state index contributed by atoms with van der Waals surface area (Å²) in [5.41, 5.74) is -1.03. The molecule has 6 nitrogen and oxygen atoms in total. The van der Waals surface area contributed by atoms with E-state index in [-0.39, 0.29) is 19.1 Å². The summed E-state index contributed by atoms with van der Waals surface area (Å²) in [6, 6.07) is -0.467. The van der Waals surface area contributed by atoms with Crippen LogP contribution in [-0.4, -0.2) is 61.5 Å². The fourth-order valence-corrected chi connectivity index (χ4v) is 2.33. The van der Waals surface area contributed by atoms with E-state index in [4.69, 9.17) is 14.6 Å². The van der Waals surface area contributed by atoms with Crippen LogP contribution in [0.2, 0.25) is 0 Å². The van der Waals surface area contributed by atoms with Crippen LogP contribution in [0.25, 0.3) is 0 Å². The van der Waals surface area contributed by atoms with Crippen LogP contribution in [0, 0.1) is 5.41 Å². The van der Waals surface area contributed by atoms with Gasteiger partial charge in [-0.15, -0.1) is 11.8 Å². The van der Waals surface area contributed by atoms with Crippen LogP contribution in [-0.2, 0) is 19.1 Å². The van der Waals surface area contributed by atoms with Crippen molar-refractivity contribution in [2.45, 2.75) is 13.0 Å². The molecule has 1 aliphatic heterocycles. The van der Waals surface area contributed by atoms with E-state index < -0.39 is 17.4 Å². The number of hydrogen-bond acceptors (Lipinski definition) is 5. The predicted molar refractivity (Wildman–Crippen MR) is 67.7 cm³/mol. The lowest BCUT2D eigenvalue weighted by molar-refractivity contribution is -0.148. The van der Waals surface area contributed by atoms with E-state index >= 15 is 0 Å². The Kier molecular flexibility index (Phi) is 5.90. The molecule has 0 aliphatic carbocycles. The summed E-state index contributed by atoms with van der Waals surface area (Å²) in [5, 5.41) is 11.9. The average molecular weight is 277 g/mol. The third kappa shape index (κ3) is 3.86. The average Bonchev–Trinajstić information content (AvgIpc) is 2.68. The fraction of sp³-hybridized carbons (Fsp3) is 0.818. The van der Waals surface area contributed by atoms with E-state index in [1.165, 1.54) is 11.8 Å². The molecular formula is C11H19NO5S. The Morgan fingerprint density at radius 2 is 2.33 bits per heavy atom. The van der Waals surface area contributed by atoms with Gasteiger partial charge in [-0.3, -0.25) is 9.59 Å². The fourth-order valence-electron chi connectivity index (χ4n) is 1.63. The maximum atomic E-state index is 11.7. The van der Waals surface area contributed by atoms with Crippen LogP contribution in [0.5, 0.6) is 0 Å². The molecule has 0 aromatic rings. The predicted octanol–water partition coefficient (Wildman–Crippen LogP) is -0.0281. The summed E-state index contributed by atoms with van der Waals surface area (Å²) in [6.45, 7) is 2.56. The van der Waals surface area contributed by atoms with Gasteiger partial charge in [-0.25, -0.2) is 0 Å². The largest absolute Gasteiger partial charge is 0.481 e. The van der Waals surface area contributed by atoms with Gasteiger partial charge in [0.15, 0.2) is 0 Å². The molecule has 104 valence electrons. The van der Waals surface area contributed by atoms with E-state index in [9.17, 15) is 9.59 Å². The Balaban J connectivity index is 2.37. The van der Waals surface area contributed by atoms with Gasteiger partial charge in [0.2, 0.25) is 5.91 Å². The van der Waals surface area contributed by atoms with Gasteiger partial charge in [-0.05, 0) is 6.92 Å². The van der Waals surface area contributed by atoms with Gasteiger partial charge in [-0.2, -0.15) is 0 Å². The summed E-state index contributed by atoms with van der Waals surface area (Å²) >= 11 is 1.45. The van der Waals surface area contributed by atoms with Crippen molar-refractivity contribution in [1.29, 1.82) is 0 Å². The minimum atomic E-state index is -1.03. The highest BCUT2D eigenvalue weighted by Gasteiger charge is 2.47. The maximum absolute atomic E-state index is 11.7. The molecule has 0 spiro atoms. The van der Waals surface area contributed by atoms with Gasteiger partial charge in [-0.1, -0.05) is 0 Å². The lowest BCUT2D eigenvalue weighted by Gasteiger charge is -2.25. The van der Waals surface area contributed by atoms with Crippen molar-refractivity contribution in [2.75, 3.05) is 38.4 Å². The molecule has 0 radical (unpaired) electrons. The molecule has 2 unspecified atom stereocenters. The molecule has 1 heterocycles. The van der Waals surface area contributed by atoms with Crippen molar-refractivity contribution in [1.82, 2.24) is 5.32 Å². The van der Waals surface area contributed by atoms with Gasteiger partial charge < -0.3 is 19.9 Å². The van der Waals surface area contributed by atoms with Crippen LogP contribution in [0.4, 0.5) is 0 Å². The van der Waals surface area contributed by atoms with Gasteiger partial charge in [0, 0.05) is 12.9 Å². The summed E-state index contributed by atoms with van der Waals surface area (Å²) < 4.78 is 10.0. The Morgan fingerprint density at radius 3 is 2.94 bits per heavy atom. The second-order valence-electron chi connectivity index (χ2n) is 4.40. The van der Waals surface area contributed by atoms with E-state index in [0.29, 0.717) is 12.4 Å². The van der Waals surface area contributed by atoms with Crippen LogP contribution < -0.4 is 5.32 Å². The number of ether oxygens (including phenoxy) is 2. The minimum Gasteiger partial charge on any atom is -0.481 e. The standard InChI is InChI=1S/C11H19NO5S/c1-11(10(14)15)7-17-5-8(11)12-9(13)6-18-4-3-16-2/h8H,3-7H2,1-2H3,(H,12,13)(H,14,15). The Labute approximate surface area is 110 Å². The van der Waals surface area contributed by atoms with Gasteiger partial charge >= 0.3 is 5.97 Å². The monoisotopic (exact) mass is 277 g/mol. The van der Waals surface area contributed by atoms with Gasteiger partial charge in [0.25, 0.3) is 0 Å². The molecule has 0 aromatic heterocycles. The SMILES string of the molecule is COCCSCC(=O)NC1COCC1(C)C(=O)O. The van der Waals surface area contributed by atoms with E-state index in [1.807, 2.05) is 0 Å². The third-order valence-electron chi connectivity index (χ3n) is 2.94. The lowest BCUT2D eigenvalue weighted by Crippen LogP contribution is -2.50. The van der Waals surface area contributed by atoms with Crippen molar-refractivity contribution in [3.8, 4) is 0 Å². The number of aliphatic carboxylic acids is 1. The van der Waals surface area contributed by atoms with Crippen molar-refractivity contribution >= 4 is 23.6 Å². The highest BCUT2D eigenvalue weighted by molar-refractivity contribution is 7.99. The molecule has 0 aromatic carbocycles. The molecule has 1 saturated heterocycles. The molecule has 2 atom stereocenters. The molecule has 1 fully saturated rings. The molecule has 1 aliphatic rings. The number of methoxy groups -OCH3 is 1. The zero-order valence-corrected chi connectivity index (χ0v) is 11.4. The summed E-state index contributed by atoms with van der Waals surface area (Å²) in [7, 11) is 1.61. The van der Waals surface area contributed by atoms with Crippen LogP contribution in [0.15, 0.2) is 0 Å². The zero-order valence-electron chi connectivity index (χ0n) is 10.6. The first kappa shape index (κ1) is 15.3.